The van der Waals surface area contributed by atoms with Crippen molar-refractivity contribution in [3.8, 4) is 17.4 Å². The first-order chi connectivity index (χ1) is 19.5. The van der Waals surface area contributed by atoms with Crippen molar-refractivity contribution in [2.45, 2.75) is 12.8 Å². The molecule has 0 atom stereocenters. The third-order valence-electron chi connectivity index (χ3n) is 6.71. The molecule has 40 heavy (non-hydrogen) atoms. The molecule has 2 aliphatic rings. The fraction of sp³-hybridized carbons (Fsp3) is 0.276. The van der Waals surface area contributed by atoms with Gasteiger partial charge in [0.2, 0.25) is 5.88 Å². The third-order valence-corrected chi connectivity index (χ3v) is 7.76. The molecular weight excluding hydrogens is 535 g/mol. The average molecular weight is 563 g/mol. The predicted octanol–water partition coefficient (Wildman–Crippen LogP) is 5.19. The van der Waals surface area contributed by atoms with Gasteiger partial charge in [0.1, 0.15) is 30.5 Å². The highest BCUT2D eigenvalue weighted by molar-refractivity contribution is 7.20. The number of anilines is 2. The molecule has 206 valence electrons. The second-order valence-corrected chi connectivity index (χ2v) is 10.5. The lowest BCUT2D eigenvalue weighted by molar-refractivity contribution is 0.102. The summed E-state index contributed by atoms with van der Waals surface area (Å²) in [4.78, 5) is 33.7. The largest absolute Gasteiger partial charge is 0.486 e. The molecule has 0 bridgehead atoms. The van der Waals surface area contributed by atoms with Crippen LogP contribution in [0.1, 0.15) is 32.9 Å². The van der Waals surface area contributed by atoms with Gasteiger partial charge in [-0.15, -0.1) is 11.3 Å². The molecule has 2 aromatic carbocycles. The minimum Gasteiger partial charge on any atom is -0.486 e. The number of carbonyl (C=O) groups excluding carboxylic acids is 2. The molecule has 1 saturated heterocycles. The van der Waals surface area contributed by atoms with E-state index in [1.165, 1.54) is 42.4 Å². The maximum atomic E-state index is 14.6. The molecule has 11 heteroatoms. The second-order valence-electron chi connectivity index (χ2n) is 9.51. The van der Waals surface area contributed by atoms with Crippen molar-refractivity contribution in [3.05, 3.63) is 70.9 Å². The van der Waals surface area contributed by atoms with Crippen LogP contribution in [0.2, 0.25) is 0 Å². The zero-order chi connectivity index (χ0) is 27.5. The summed E-state index contributed by atoms with van der Waals surface area (Å²) in [7, 11) is 0. The van der Waals surface area contributed by atoms with Crippen LogP contribution in [0.25, 0.3) is 10.2 Å². The van der Waals surface area contributed by atoms with Gasteiger partial charge in [0.15, 0.2) is 11.5 Å². The van der Waals surface area contributed by atoms with Crippen molar-refractivity contribution in [2.24, 2.45) is 0 Å². The summed E-state index contributed by atoms with van der Waals surface area (Å²) in [6.07, 6.45) is 2.46. The van der Waals surface area contributed by atoms with Gasteiger partial charge in [-0.25, -0.2) is 9.37 Å². The van der Waals surface area contributed by atoms with E-state index in [0.717, 1.165) is 25.0 Å². The van der Waals surface area contributed by atoms with Crippen LogP contribution in [-0.2, 0) is 0 Å². The minimum atomic E-state index is -0.626. The summed E-state index contributed by atoms with van der Waals surface area (Å²) in [6.45, 7) is 4.49. The monoisotopic (exact) mass is 562 g/mol. The van der Waals surface area contributed by atoms with Gasteiger partial charge < -0.3 is 24.8 Å². The summed E-state index contributed by atoms with van der Waals surface area (Å²) in [6, 6.07) is 14.2. The highest BCUT2D eigenvalue weighted by Crippen LogP contribution is 2.31. The van der Waals surface area contributed by atoms with Gasteiger partial charge in [0.05, 0.1) is 10.6 Å². The number of rotatable bonds is 8. The number of likely N-dealkylation sites (tertiary alicyclic amines) is 1. The number of hydrogen-bond acceptors (Lipinski definition) is 8. The highest BCUT2D eigenvalue weighted by Gasteiger charge is 2.18. The number of nitrogens with zero attached hydrogens (tertiary/aromatic N) is 2. The van der Waals surface area contributed by atoms with Crippen molar-refractivity contribution < 1.29 is 28.2 Å². The number of halogens is 1. The van der Waals surface area contributed by atoms with Crippen LogP contribution in [0.15, 0.2) is 54.6 Å². The van der Waals surface area contributed by atoms with Crippen LogP contribution < -0.4 is 24.8 Å². The van der Waals surface area contributed by atoms with E-state index in [0.29, 0.717) is 58.2 Å². The Morgan fingerprint density at radius 2 is 1.77 bits per heavy atom. The molecule has 4 aromatic rings. The van der Waals surface area contributed by atoms with E-state index in [-0.39, 0.29) is 5.69 Å². The lowest BCUT2D eigenvalue weighted by Crippen LogP contribution is -2.25. The van der Waals surface area contributed by atoms with Crippen LogP contribution in [0, 0.1) is 5.82 Å². The molecule has 2 aromatic heterocycles. The molecule has 4 heterocycles. The number of carbonyl (C=O) groups is 2. The highest BCUT2D eigenvalue weighted by atomic mass is 32.1. The number of thiophene rings is 1. The normalized spacial score (nSPS) is 14.7. The quantitative estimate of drug-likeness (QED) is 0.305. The number of hydrogen-bond donors (Lipinski definition) is 2. The Morgan fingerprint density at radius 1 is 0.950 bits per heavy atom. The topological polar surface area (TPSA) is 102 Å². The molecule has 9 nitrogen and oxygen atoms in total. The van der Waals surface area contributed by atoms with Gasteiger partial charge in [-0.1, -0.05) is 0 Å². The molecule has 0 unspecified atom stereocenters. The Morgan fingerprint density at radius 3 is 2.62 bits per heavy atom. The van der Waals surface area contributed by atoms with Crippen molar-refractivity contribution in [3.63, 3.8) is 0 Å². The summed E-state index contributed by atoms with van der Waals surface area (Å²) < 4.78 is 31.4. The molecule has 0 spiro atoms. The van der Waals surface area contributed by atoms with E-state index >= 15 is 0 Å². The van der Waals surface area contributed by atoms with Crippen molar-refractivity contribution >= 4 is 44.7 Å². The van der Waals surface area contributed by atoms with Gasteiger partial charge in [-0.05, 0) is 74.5 Å². The second kappa shape index (κ2) is 11.5. The maximum Gasteiger partial charge on any atom is 0.265 e. The first kappa shape index (κ1) is 26.0. The van der Waals surface area contributed by atoms with Crippen LogP contribution in [0.3, 0.4) is 0 Å². The number of nitrogens with one attached hydrogen (secondary N) is 2. The molecule has 0 radical (unpaired) electrons. The average Bonchev–Trinajstić information content (AvgIpc) is 3.64. The zero-order valence-corrected chi connectivity index (χ0v) is 22.4. The first-order valence-corrected chi connectivity index (χ1v) is 13.9. The summed E-state index contributed by atoms with van der Waals surface area (Å²) in [5, 5.41) is 6.13. The van der Waals surface area contributed by atoms with Gasteiger partial charge in [-0.2, -0.15) is 0 Å². The smallest absolute Gasteiger partial charge is 0.265 e. The number of aromatic nitrogens is 1. The standard InChI is InChI=1S/C29H27FN4O5S/c30-21-6-5-20(31-27(35)18-3-7-23-24(15-18)38-14-13-37-23)17-22(21)32-28(36)25-16-19-4-8-26(33-29(19)40-25)39-12-11-34-9-1-2-10-34/h3-8,15-17H,1-2,9-14H2,(H,31,35)(H,32,36). The molecule has 2 N–H and O–H groups in total. The van der Waals surface area contributed by atoms with Gasteiger partial charge in [0.25, 0.3) is 11.8 Å². The minimum absolute atomic E-state index is 0.0543. The Balaban J connectivity index is 1.11. The van der Waals surface area contributed by atoms with E-state index in [4.69, 9.17) is 14.2 Å². The molecule has 0 aliphatic carbocycles. The van der Waals surface area contributed by atoms with E-state index < -0.39 is 17.6 Å². The maximum absolute atomic E-state index is 14.6. The van der Waals surface area contributed by atoms with Crippen molar-refractivity contribution in [2.75, 3.05) is 50.1 Å². The molecule has 2 aliphatic heterocycles. The molecule has 6 rings (SSSR count). The summed E-state index contributed by atoms with van der Waals surface area (Å²) in [5.74, 6) is 0.0621. The molecule has 1 fully saturated rings. The van der Waals surface area contributed by atoms with Crippen LogP contribution >= 0.6 is 11.3 Å². The summed E-state index contributed by atoms with van der Waals surface area (Å²) in [5.41, 5.74) is 0.628. The fourth-order valence-electron chi connectivity index (χ4n) is 4.65. The SMILES string of the molecule is O=C(Nc1ccc(F)c(NC(=O)c2cc3ccc(OCCN4CCCC4)nc3s2)c1)c1ccc2c(c1)OCCO2. The van der Waals surface area contributed by atoms with E-state index in [2.05, 4.69) is 20.5 Å². The number of ether oxygens (including phenoxy) is 3. The molecule has 0 saturated carbocycles. The molecule has 2 amide bonds. The van der Waals surface area contributed by atoms with E-state index in [1.54, 1.807) is 30.3 Å². The van der Waals surface area contributed by atoms with Crippen molar-refractivity contribution in [1.29, 1.82) is 0 Å². The fourth-order valence-corrected chi connectivity index (χ4v) is 5.57. The lowest BCUT2D eigenvalue weighted by Gasteiger charge is -2.18. The van der Waals surface area contributed by atoms with E-state index in [9.17, 15) is 14.0 Å². The van der Waals surface area contributed by atoms with Gasteiger partial charge in [0, 0.05) is 29.2 Å². The van der Waals surface area contributed by atoms with Crippen LogP contribution in [0.4, 0.5) is 15.8 Å². The zero-order valence-electron chi connectivity index (χ0n) is 21.6. The lowest BCUT2D eigenvalue weighted by atomic mass is 10.1. The third kappa shape index (κ3) is 5.85. The predicted molar refractivity (Wildman–Crippen MR) is 151 cm³/mol. The number of benzene rings is 2. The van der Waals surface area contributed by atoms with E-state index in [1.807, 2.05) is 6.07 Å². The Hall–Kier alpha value is -4.22. The molecular formula is C29H27FN4O5S. The van der Waals surface area contributed by atoms with Gasteiger partial charge >= 0.3 is 0 Å². The Bertz CT molecular complexity index is 1570. The number of pyridine rings is 1. The Labute approximate surface area is 233 Å². The summed E-state index contributed by atoms with van der Waals surface area (Å²) >= 11 is 1.20. The Kier molecular flexibility index (Phi) is 7.47. The van der Waals surface area contributed by atoms with Crippen LogP contribution in [-0.4, -0.2) is 61.2 Å². The van der Waals surface area contributed by atoms with Crippen molar-refractivity contribution in [1.82, 2.24) is 9.88 Å². The van der Waals surface area contributed by atoms with Gasteiger partial charge in [-0.3, -0.25) is 14.5 Å². The number of amides is 2. The first-order valence-electron chi connectivity index (χ1n) is 13.1. The van der Waals surface area contributed by atoms with Crippen LogP contribution in [0.5, 0.6) is 17.4 Å². The number of fused-ring (bicyclic) bond motifs is 2.